The zero-order valence-corrected chi connectivity index (χ0v) is 43.6. The van der Waals surface area contributed by atoms with Crippen LogP contribution in [0.2, 0.25) is 0 Å². The molecule has 420 valence electrons. The fraction of sp³-hybridized carbons (Fsp3) is 0.604. The molecule has 0 saturated carbocycles. The number of hydrogen-bond acceptors (Lipinski definition) is 15. The van der Waals surface area contributed by atoms with Crippen LogP contribution in [-0.4, -0.2) is 201 Å². The first-order valence-corrected chi connectivity index (χ1v) is 26.0. The molecule has 20 nitrogen and oxygen atoms in total. The second-order valence-electron chi connectivity index (χ2n) is 18.8. The maximum Gasteiger partial charge on any atom is 0.407 e. The van der Waals surface area contributed by atoms with Gasteiger partial charge in [-0.25, -0.2) is 27.7 Å². The third kappa shape index (κ3) is 19.5. The van der Waals surface area contributed by atoms with Crippen LogP contribution in [0, 0.1) is 23.0 Å². The second-order valence-corrected chi connectivity index (χ2v) is 18.8. The molecular formula is C53H74F3N7O13. The van der Waals surface area contributed by atoms with E-state index in [0.29, 0.717) is 124 Å². The van der Waals surface area contributed by atoms with Crippen LogP contribution in [0.25, 0.3) is 11.3 Å². The van der Waals surface area contributed by atoms with Gasteiger partial charge in [0.25, 0.3) is 11.8 Å². The first-order valence-electron chi connectivity index (χ1n) is 26.0. The number of alkyl carbamates (subject to hydrolysis) is 1. The summed E-state index contributed by atoms with van der Waals surface area (Å²) in [5, 5.41) is 8.71. The number of imidazole rings is 1. The fourth-order valence-electron chi connectivity index (χ4n) is 8.80. The summed E-state index contributed by atoms with van der Waals surface area (Å²) in [5.41, 5.74) is 0.420. The number of urea groups is 1. The minimum Gasteiger partial charge on any atom is -0.447 e. The Morgan fingerprint density at radius 2 is 1.39 bits per heavy atom. The molecule has 0 bridgehead atoms. The number of aromatic nitrogens is 2. The van der Waals surface area contributed by atoms with E-state index in [9.17, 15) is 23.6 Å². The van der Waals surface area contributed by atoms with Crippen LogP contribution in [0.1, 0.15) is 44.1 Å². The Hall–Kier alpha value is -5.50. The average molecular weight is 1070 g/mol. The van der Waals surface area contributed by atoms with Gasteiger partial charge in [0, 0.05) is 75.8 Å². The molecule has 5 amide bonds. The number of nitrogens with one attached hydrogen (secondary N) is 3. The molecule has 6 rings (SSSR count). The number of benzene rings is 2. The average Bonchev–Trinajstić information content (AvgIpc) is 4.13. The molecule has 0 aliphatic carbocycles. The summed E-state index contributed by atoms with van der Waals surface area (Å²) < 4.78 is 97.0. The van der Waals surface area contributed by atoms with Crippen LogP contribution in [-0.2, 0) is 58.8 Å². The highest BCUT2D eigenvalue weighted by Gasteiger charge is 2.47. The normalized spacial score (nSPS) is 18.0. The van der Waals surface area contributed by atoms with Crippen molar-refractivity contribution in [2.75, 3.05) is 145 Å². The minimum atomic E-state index is -1.23. The lowest BCUT2D eigenvalue weighted by atomic mass is 9.74. The third-order valence-electron chi connectivity index (χ3n) is 13.0. The molecule has 3 aliphatic rings. The minimum absolute atomic E-state index is 0.0140. The van der Waals surface area contributed by atoms with Crippen molar-refractivity contribution in [3.8, 4) is 11.3 Å². The summed E-state index contributed by atoms with van der Waals surface area (Å²) in [6.07, 6.45) is 3.28. The monoisotopic (exact) mass is 1070 g/mol. The fourth-order valence-corrected chi connectivity index (χ4v) is 8.80. The van der Waals surface area contributed by atoms with Gasteiger partial charge in [0.2, 0.25) is 0 Å². The summed E-state index contributed by atoms with van der Waals surface area (Å²) in [4.78, 5) is 58.1. The Bertz CT molecular complexity index is 2260. The van der Waals surface area contributed by atoms with E-state index in [4.69, 9.17) is 47.6 Å². The van der Waals surface area contributed by atoms with Gasteiger partial charge in [0.15, 0.2) is 0 Å². The molecule has 3 N–H and O–H groups in total. The van der Waals surface area contributed by atoms with Crippen molar-refractivity contribution in [1.29, 1.82) is 0 Å². The number of amides is 5. The lowest BCUT2D eigenvalue weighted by Crippen LogP contribution is -2.54. The van der Waals surface area contributed by atoms with Gasteiger partial charge in [-0.15, -0.1) is 0 Å². The van der Waals surface area contributed by atoms with Gasteiger partial charge in [-0.2, -0.15) is 0 Å². The van der Waals surface area contributed by atoms with E-state index in [0.717, 1.165) is 28.7 Å². The number of rotatable bonds is 35. The predicted octanol–water partition coefficient (Wildman–Crippen LogP) is 4.46. The number of carbonyl (C=O) groups is 4. The number of carbonyl (C=O) groups excluding carboxylic acids is 4. The first-order chi connectivity index (χ1) is 36.9. The Kier molecular flexibility index (Phi) is 25.4. The molecule has 1 aromatic heterocycles. The molecule has 76 heavy (non-hydrogen) atoms. The lowest BCUT2D eigenvalue weighted by molar-refractivity contribution is -0.137. The molecule has 4 unspecified atom stereocenters. The van der Waals surface area contributed by atoms with E-state index < -0.39 is 53.3 Å². The predicted molar refractivity (Wildman–Crippen MR) is 271 cm³/mol. The van der Waals surface area contributed by atoms with E-state index in [1.165, 1.54) is 12.2 Å². The summed E-state index contributed by atoms with van der Waals surface area (Å²) in [5.74, 6) is -2.07. The van der Waals surface area contributed by atoms with Gasteiger partial charge in [-0.05, 0) is 48.9 Å². The highest BCUT2D eigenvalue weighted by molar-refractivity contribution is 6.12. The van der Waals surface area contributed by atoms with Gasteiger partial charge < -0.3 is 68.0 Å². The number of ether oxygens (including phenoxy) is 9. The SMILES string of the molecule is CC(COC(=O)NCCOCCOCCOCCOCCOCCOCCOCCN1C(=O)C=CC1=O)NC(=O)N(CC1CNCC1F)C(c1nc(-c2cc(F)ccc2F)cn1Cc1ccccc1)C1(C)CCOCC1. The van der Waals surface area contributed by atoms with Gasteiger partial charge in [-0.1, -0.05) is 37.3 Å². The van der Waals surface area contributed by atoms with E-state index >= 15 is 8.78 Å². The molecule has 23 heteroatoms. The Morgan fingerprint density at radius 3 is 1.97 bits per heavy atom. The van der Waals surface area contributed by atoms with Crippen LogP contribution in [0.5, 0.6) is 0 Å². The molecule has 4 atom stereocenters. The highest BCUT2D eigenvalue weighted by atomic mass is 19.1. The maximum atomic E-state index is 15.5. The van der Waals surface area contributed by atoms with Gasteiger partial charge in [0.1, 0.15) is 30.2 Å². The summed E-state index contributed by atoms with van der Waals surface area (Å²) in [6.45, 7) is 10.5. The first kappa shape index (κ1) is 59.7. The zero-order chi connectivity index (χ0) is 54.0. The van der Waals surface area contributed by atoms with Gasteiger partial charge in [-0.3, -0.25) is 14.5 Å². The molecular weight excluding hydrogens is 1000 g/mol. The number of nitrogens with zero attached hydrogens (tertiary/aromatic N) is 4. The Balaban J connectivity index is 0.861. The van der Waals surface area contributed by atoms with Crippen LogP contribution >= 0.6 is 0 Å². The van der Waals surface area contributed by atoms with Crippen molar-refractivity contribution in [3.63, 3.8) is 0 Å². The van der Waals surface area contributed by atoms with Crippen LogP contribution in [0.3, 0.4) is 0 Å². The second kappa shape index (κ2) is 32.3. The number of halogens is 3. The topological polar surface area (TPSA) is 212 Å². The highest BCUT2D eigenvalue weighted by Crippen LogP contribution is 2.47. The standard InChI is InChI=1S/C53H74F3N7O13/c1-39(38-76-52(67)58-14-18-69-20-22-71-24-26-73-28-30-75-31-29-74-27-25-72-23-21-70-19-15-62-47(64)10-11-48(62)65)59-51(66)63(36-41-33-57-34-45(41)56)49(53(2)12-16-68-17-13-53)50-60-46(43-32-42(54)8-9-44(43)55)37-61(50)35-40-6-4-3-5-7-40/h3-11,32,37,39,41,45,49,57H,12-31,33-36,38H2,1-2H3,(H,58,67)(H,59,66). The number of hydrogen-bond donors (Lipinski definition) is 3. The summed E-state index contributed by atoms with van der Waals surface area (Å²) >= 11 is 0. The summed E-state index contributed by atoms with van der Waals surface area (Å²) in [7, 11) is 0. The van der Waals surface area contributed by atoms with E-state index in [-0.39, 0.29) is 69.1 Å². The van der Waals surface area contributed by atoms with Crippen LogP contribution < -0.4 is 16.0 Å². The van der Waals surface area contributed by atoms with Crippen molar-refractivity contribution in [1.82, 2.24) is 35.3 Å². The van der Waals surface area contributed by atoms with Crippen molar-refractivity contribution >= 4 is 23.9 Å². The van der Waals surface area contributed by atoms with E-state index in [2.05, 4.69) is 16.0 Å². The quantitative estimate of drug-likeness (QED) is 0.0549. The molecule has 2 aromatic carbocycles. The lowest BCUT2D eigenvalue weighted by Gasteiger charge is -2.46. The van der Waals surface area contributed by atoms with E-state index in [1.807, 2.05) is 41.8 Å². The van der Waals surface area contributed by atoms with E-state index in [1.54, 1.807) is 18.0 Å². The number of imide groups is 1. The smallest absolute Gasteiger partial charge is 0.407 e. The molecule has 2 fully saturated rings. The summed E-state index contributed by atoms with van der Waals surface area (Å²) in [6, 6.07) is 10.8. The van der Waals surface area contributed by atoms with Crippen molar-refractivity contribution in [2.45, 2.75) is 51.5 Å². The van der Waals surface area contributed by atoms with Crippen LogP contribution in [0.4, 0.5) is 22.8 Å². The molecule has 0 radical (unpaired) electrons. The molecule has 2 saturated heterocycles. The van der Waals surface area contributed by atoms with Gasteiger partial charge >= 0.3 is 12.1 Å². The zero-order valence-electron chi connectivity index (χ0n) is 43.6. The maximum absolute atomic E-state index is 15.5. The number of alkyl halides is 1. The molecule has 3 aliphatic heterocycles. The van der Waals surface area contributed by atoms with Gasteiger partial charge in [0.05, 0.1) is 117 Å². The Labute approximate surface area is 442 Å². The molecule has 4 heterocycles. The molecule has 3 aromatic rings. The van der Waals surface area contributed by atoms with Crippen molar-refractivity contribution < 1.29 is 75.0 Å². The van der Waals surface area contributed by atoms with Crippen molar-refractivity contribution in [3.05, 3.63) is 89.9 Å². The largest absolute Gasteiger partial charge is 0.447 e. The van der Waals surface area contributed by atoms with Crippen LogP contribution in [0.15, 0.2) is 66.9 Å². The Morgan fingerprint density at radius 1 is 0.816 bits per heavy atom. The van der Waals surface area contributed by atoms with Crippen molar-refractivity contribution in [2.24, 2.45) is 11.3 Å². The third-order valence-corrected chi connectivity index (χ3v) is 13.0. The molecule has 0 spiro atoms.